The van der Waals surface area contributed by atoms with Gasteiger partial charge in [-0.2, -0.15) is 0 Å². The minimum absolute atomic E-state index is 0.0126. The zero-order valence-electron chi connectivity index (χ0n) is 12.0. The topological polar surface area (TPSA) is 41.1 Å². The maximum absolute atomic E-state index is 13.6. The maximum Gasteiger partial charge on any atom is 0.251 e. The minimum atomic E-state index is -0.761. The van der Waals surface area contributed by atoms with Crippen LogP contribution in [0.25, 0.3) is 0 Å². The Morgan fingerprint density at radius 1 is 1.30 bits per heavy atom. The highest BCUT2D eigenvalue weighted by molar-refractivity contribution is 5.94. The molecule has 2 N–H and O–H groups in total. The van der Waals surface area contributed by atoms with Gasteiger partial charge in [0.2, 0.25) is 0 Å². The van der Waals surface area contributed by atoms with Gasteiger partial charge in [0, 0.05) is 19.2 Å². The highest BCUT2D eigenvalue weighted by Gasteiger charge is 2.45. The molecule has 0 aliphatic heterocycles. The van der Waals surface area contributed by atoms with Crippen molar-refractivity contribution in [2.45, 2.75) is 26.7 Å². The second-order valence-electron chi connectivity index (χ2n) is 5.76. The second kappa shape index (κ2) is 5.38. The van der Waals surface area contributed by atoms with Crippen molar-refractivity contribution in [1.29, 1.82) is 0 Å². The molecule has 0 saturated heterocycles. The van der Waals surface area contributed by atoms with E-state index in [-0.39, 0.29) is 16.7 Å². The first-order valence-corrected chi connectivity index (χ1v) is 6.84. The quantitative estimate of drug-likeness (QED) is 0.871. The van der Waals surface area contributed by atoms with E-state index >= 15 is 0 Å². The molecular formula is C15H20F2N2O. The Morgan fingerprint density at radius 2 is 1.85 bits per heavy atom. The number of hydrogen-bond donors (Lipinski definition) is 2. The number of carbonyl (C=O) groups is 1. The largest absolute Gasteiger partial charge is 0.383 e. The number of nitrogens with one attached hydrogen (secondary N) is 2. The molecule has 0 heterocycles. The van der Waals surface area contributed by atoms with Crippen molar-refractivity contribution in [2.75, 3.05) is 18.9 Å². The van der Waals surface area contributed by atoms with Crippen LogP contribution in [0, 0.1) is 23.0 Å². The molecule has 0 spiro atoms. The van der Waals surface area contributed by atoms with Crippen LogP contribution >= 0.6 is 0 Å². The van der Waals surface area contributed by atoms with Crippen LogP contribution in [0.15, 0.2) is 12.1 Å². The highest BCUT2D eigenvalue weighted by atomic mass is 19.1. The Bertz CT molecular complexity index is 502. The Labute approximate surface area is 117 Å². The van der Waals surface area contributed by atoms with Crippen molar-refractivity contribution in [3.63, 3.8) is 0 Å². The number of halogens is 2. The third-order valence-corrected chi connectivity index (χ3v) is 4.27. The van der Waals surface area contributed by atoms with Crippen LogP contribution in [-0.2, 0) is 0 Å². The summed E-state index contributed by atoms with van der Waals surface area (Å²) in [6, 6.07) is 2.11. The normalized spacial score (nSPS) is 16.1. The zero-order chi connectivity index (χ0) is 14.9. The zero-order valence-corrected chi connectivity index (χ0v) is 12.0. The van der Waals surface area contributed by atoms with Gasteiger partial charge in [-0.25, -0.2) is 8.78 Å². The number of rotatable bonds is 5. The van der Waals surface area contributed by atoms with Crippen LogP contribution in [-0.4, -0.2) is 19.5 Å². The van der Waals surface area contributed by atoms with Gasteiger partial charge in [-0.1, -0.05) is 13.8 Å². The van der Waals surface area contributed by atoms with Crippen molar-refractivity contribution in [3.8, 4) is 0 Å². The van der Waals surface area contributed by atoms with Crippen LogP contribution < -0.4 is 10.6 Å². The summed E-state index contributed by atoms with van der Waals surface area (Å²) in [5, 5.41) is 5.21. The maximum atomic E-state index is 13.6. The van der Waals surface area contributed by atoms with Crippen LogP contribution in [0.5, 0.6) is 0 Å². The van der Waals surface area contributed by atoms with E-state index in [1.54, 1.807) is 0 Å². The van der Waals surface area contributed by atoms with Gasteiger partial charge < -0.3 is 10.6 Å². The smallest absolute Gasteiger partial charge is 0.251 e. The fourth-order valence-electron chi connectivity index (χ4n) is 2.42. The SMILES string of the molecule is CNc1c(F)cc(C(=O)NCC2(C(C)C)CC2)cc1F. The van der Waals surface area contributed by atoms with Crippen LogP contribution in [0.4, 0.5) is 14.5 Å². The molecule has 2 rings (SSSR count). The van der Waals surface area contributed by atoms with Gasteiger partial charge in [0.15, 0.2) is 0 Å². The van der Waals surface area contributed by atoms with E-state index < -0.39 is 17.5 Å². The third kappa shape index (κ3) is 2.76. The summed E-state index contributed by atoms with van der Waals surface area (Å²) in [5.41, 5.74) is -0.0431. The Balaban J connectivity index is 2.07. The van der Waals surface area contributed by atoms with Gasteiger partial charge in [-0.05, 0) is 36.3 Å². The van der Waals surface area contributed by atoms with E-state index in [2.05, 4.69) is 24.5 Å². The molecule has 0 radical (unpaired) electrons. The van der Waals surface area contributed by atoms with Gasteiger partial charge in [0.1, 0.15) is 17.3 Å². The Hall–Kier alpha value is -1.65. The summed E-state index contributed by atoms with van der Waals surface area (Å²) < 4.78 is 27.2. The molecular weight excluding hydrogens is 262 g/mol. The predicted octanol–water partition coefficient (Wildman–Crippen LogP) is 3.17. The summed E-state index contributed by atoms with van der Waals surface area (Å²) in [7, 11) is 1.43. The monoisotopic (exact) mass is 282 g/mol. The molecule has 0 bridgehead atoms. The van der Waals surface area contributed by atoms with Gasteiger partial charge in [0.25, 0.3) is 5.91 Å². The van der Waals surface area contributed by atoms with E-state index in [4.69, 9.17) is 0 Å². The minimum Gasteiger partial charge on any atom is -0.383 e. The standard InChI is InChI=1S/C15H20F2N2O/c1-9(2)15(4-5-15)8-19-14(20)10-6-11(16)13(18-3)12(17)7-10/h6-7,9,18H,4-5,8H2,1-3H3,(H,19,20). The fourth-order valence-corrected chi connectivity index (χ4v) is 2.42. The van der Waals surface area contributed by atoms with E-state index in [1.165, 1.54) is 7.05 Å². The molecule has 0 atom stereocenters. The predicted molar refractivity (Wildman–Crippen MR) is 74.7 cm³/mol. The highest BCUT2D eigenvalue weighted by Crippen LogP contribution is 2.51. The molecule has 5 heteroatoms. The van der Waals surface area contributed by atoms with Gasteiger partial charge in [0.05, 0.1) is 0 Å². The van der Waals surface area contributed by atoms with Gasteiger partial charge in [-0.15, -0.1) is 0 Å². The van der Waals surface area contributed by atoms with E-state index in [1.807, 2.05) is 0 Å². The van der Waals surface area contributed by atoms with Crippen LogP contribution in [0.3, 0.4) is 0 Å². The summed E-state index contributed by atoms with van der Waals surface area (Å²) in [4.78, 5) is 12.0. The molecule has 1 aliphatic rings. The van der Waals surface area contributed by atoms with Crippen molar-refractivity contribution in [1.82, 2.24) is 5.32 Å². The first kappa shape index (κ1) is 14.8. The Kier molecular flexibility index (Phi) is 3.97. The molecule has 0 aromatic heterocycles. The lowest BCUT2D eigenvalue weighted by Gasteiger charge is -2.20. The van der Waals surface area contributed by atoms with Gasteiger partial charge in [-0.3, -0.25) is 4.79 Å². The molecule has 1 amide bonds. The summed E-state index contributed by atoms with van der Waals surface area (Å²) in [6.45, 7) is 4.81. The van der Waals surface area contributed by atoms with Crippen molar-refractivity contribution in [2.24, 2.45) is 11.3 Å². The molecule has 1 fully saturated rings. The number of anilines is 1. The van der Waals surface area contributed by atoms with Crippen LogP contribution in [0.2, 0.25) is 0 Å². The van der Waals surface area contributed by atoms with Crippen LogP contribution in [0.1, 0.15) is 37.0 Å². The third-order valence-electron chi connectivity index (χ3n) is 4.27. The second-order valence-corrected chi connectivity index (χ2v) is 5.76. The molecule has 20 heavy (non-hydrogen) atoms. The number of hydrogen-bond acceptors (Lipinski definition) is 2. The number of amides is 1. The summed E-state index contributed by atoms with van der Waals surface area (Å²) >= 11 is 0. The molecule has 3 nitrogen and oxygen atoms in total. The number of benzene rings is 1. The van der Waals surface area contributed by atoms with Gasteiger partial charge >= 0.3 is 0 Å². The van der Waals surface area contributed by atoms with E-state index in [0.29, 0.717) is 12.5 Å². The van der Waals surface area contributed by atoms with Crippen molar-refractivity contribution < 1.29 is 13.6 Å². The van der Waals surface area contributed by atoms with Crippen molar-refractivity contribution in [3.05, 3.63) is 29.3 Å². The summed E-state index contributed by atoms with van der Waals surface area (Å²) in [5.74, 6) is -1.47. The number of carbonyl (C=O) groups excluding carboxylic acids is 1. The lowest BCUT2D eigenvalue weighted by atomic mass is 9.92. The fraction of sp³-hybridized carbons (Fsp3) is 0.533. The molecule has 1 aromatic rings. The first-order chi connectivity index (χ1) is 9.39. The van der Waals surface area contributed by atoms with Crippen molar-refractivity contribution >= 4 is 11.6 Å². The molecule has 110 valence electrons. The molecule has 0 unspecified atom stereocenters. The average molecular weight is 282 g/mol. The molecule has 1 aliphatic carbocycles. The lowest BCUT2D eigenvalue weighted by Crippen LogP contribution is -2.32. The van der Waals surface area contributed by atoms with E-state index in [9.17, 15) is 13.6 Å². The molecule has 1 aromatic carbocycles. The summed E-state index contributed by atoms with van der Waals surface area (Å²) in [6.07, 6.45) is 2.18. The first-order valence-electron chi connectivity index (χ1n) is 6.84. The Morgan fingerprint density at radius 3 is 2.25 bits per heavy atom. The average Bonchev–Trinajstić information content (AvgIpc) is 3.16. The molecule has 1 saturated carbocycles. The lowest BCUT2D eigenvalue weighted by molar-refractivity contribution is 0.0939. The van der Waals surface area contributed by atoms with E-state index in [0.717, 1.165) is 25.0 Å².